The van der Waals surface area contributed by atoms with Crippen molar-refractivity contribution in [2.75, 3.05) is 0 Å². The summed E-state index contributed by atoms with van der Waals surface area (Å²) in [7, 11) is 0. The quantitative estimate of drug-likeness (QED) is 0.577. The molecule has 0 aliphatic rings. The Kier molecular flexibility index (Phi) is 2.71. The predicted molar refractivity (Wildman–Crippen MR) is 53.8 cm³/mol. The summed E-state index contributed by atoms with van der Waals surface area (Å²) in [5.41, 5.74) is 3.35. The lowest BCUT2D eigenvalue weighted by Gasteiger charge is -2.05. The molecule has 0 bridgehead atoms. The first-order chi connectivity index (χ1) is 5.83. The minimum absolute atomic E-state index is 0.960. The monoisotopic (exact) mass is 156 g/mol. The molecule has 60 valence electrons. The second kappa shape index (κ2) is 3.78. The van der Waals surface area contributed by atoms with Gasteiger partial charge in [0.2, 0.25) is 0 Å². The van der Waals surface area contributed by atoms with Gasteiger partial charge >= 0.3 is 0 Å². The second-order valence-corrected chi connectivity index (χ2v) is 2.58. The summed E-state index contributed by atoms with van der Waals surface area (Å²) in [5, 5.41) is 0. The van der Waals surface area contributed by atoms with Gasteiger partial charge in [-0.15, -0.1) is 6.42 Å². The number of hydrogen-bond donors (Lipinski definition) is 0. The van der Waals surface area contributed by atoms with Crippen LogP contribution in [0.3, 0.4) is 0 Å². The van der Waals surface area contributed by atoms with E-state index >= 15 is 0 Å². The van der Waals surface area contributed by atoms with Crippen LogP contribution in [-0.4, -0.2) is 0 Å². The molecule has 12 heavy (non-hydrogen) atoms. The molecule has 0 atom stereocenters. The molecule has 0 aromatic heterocycles. The van der Waals surface area contributed by atoms with E-state index < -0.39 is 0 Å². The minimum Gasteiger partial charge on any atom is -0.115 e. The van der Waals surface area contributed by atoms with Crippen LogP contribution in [-0.2, 0) is 6.42 Å². The first kappa shape index (κ1) is 8.62. The SMILES string of the molecule is C#Cc1cccc(C=C)c1CC. The molecule has 0 unspecified atom stereocenters. The number of benzene rings is 1. The Labute approximate surface area is 73.9 Å². The molecule has 0 saturated heterocycles. The smallest absolute Gasteiger partial charge is 0.0280 e. The summed E-state index contributed by atoms with van der Waals surface area (Å²) in [5.74, 6) is 2.67. The molecule has 1 aromatic carbocycles. The first-order valence-corrected chi connectivity index (χ1v) is 4.04. The van der Waals surface area contributed by atoms with Crippen molar-refractivity contribution >= 4 is 6.08 Å². The molecule has 0 N–H and O–H groups in total. The fourth-order valence-corrected chi connectivity index (χ4v) is 1.33. The highest BCUT2D eigenvalue weighted by Crippen LogP contribution is 2.15. The van der Waals surface area contributed by atoms with Crippen LogP contribution >= 0.6 is 0 Å². The molecule has 0 aliphatic heterocycles. The maximum absolute atomic E-state index is 5.37. The van der Waals surface area contributed by atoms with Crippen LogP contribution in [0.4, 0.5) is 0 Å². The van der Waals surface area contributed by atoms with E-state index in [1.165, 1.54) is 5.56 Å². The van der Waals surface area contributed by atoms with Gasteiger partial charge in [-0.1, -0.05) is 37.6 Å². The van der Waals surface area contributed by atoms with Gasteiger partial charge in [-0.05, 0) is 23.6 Å². The number of rotatable bonds is 2. The van der Waals surface area contributed by atoms with E-state index in [0.29, 0.717) is 0 Å². The van der Waals surface area contributed by atoms with Crippen molar-refractivity contribution in [1.82, 2.24) is 0 Å². The van der Waals surface area contributed by atoms with E-state index in [2.05, 4.69) is 19.4 Å². The highest BCUT2D eigenvalue weighted by Gasteiger charge is 2.00. The molecule has 0 amide bonds. The molecular weight excluding hydrogens is 144 g/mol. The van der Waals surface area contributed by atoms with Gasteiger partial charge in [0.1, 0.15) is 0 Å². The molecule has 0 heteroatoms. The third kappa shape index (κ3) is 1.40. The van der Waals surface area contributed by atoms with Crippen LogP contribution in [0.2, 0.25) is 0 Å². The van der Waals surface area contributed by atoms with E-state index in [4.69, 9.17) is 6.42 Å². The molecule has 0 spiro atoms. The molecular formula is C12H12. The standard InChI is InChI=1S/C12H12/c1-4-10-8-7-9-11(5-2)12(10)6-3/h1,5,7-9H,2,6H2,3H3. The second-order valence-electron chi connectivity index (χ2n) is 2.58. The van der Waals surface area contributed by atoms with Crippen molar-refractivity contribution in [1.29, 1.82) is 0 Å². The lowest BCUT2D eigenvalue weighted by atomic mass is 9.99. The van der Waals surface area contributed by atoms with Crippen LogP contribution in [0.25, 0.3) is 6.08 Å². The molecule has 1 aromatic rings. The zero-order chi connectivity index (χ0) is 8.97. The Balaban J connectivity index is 3.34. The van der Waals surface area contributed by atoms with E-state index in [0.717, 1.165) is 17.5 Å². The van der Waals surface area contributed by atoms with Crippen molar-refractivity contribution < 1.29 is 0 Å². The maximum atomic E-state index is 5.37. The van der Waals surface area contributed by atoms with Crippen molar-refractivity contribution in [3.63, 3.8) is 0 Å². The summed E-state index contributed by atoms with van der Waals surface area (Å²) in [6.45, 7) is 5.85. The third-order valence-electron chi connectivity index (χ3n) is 1.94. The van der Waals surface area contributed by atoms with Gasteiger partial charge < -0.3 is 0 Å². The normalized spacial score (nSPS) is 9.00. The van der Waals surface area contributed by atoms with Gasteiger partial charge in [-0.2, -0.15) is 0 Å². The van der Waals surface area contributed by atoms with Gasteiger partial charge in [0.05, 0.1) is 0 Å². The van der Waals surface area contributed by atoms with Crippen LogP contribution in [0, 0.1) is 12.3 Å². The largest absolute Gasteiger partial charge is 0.115 e. The molecule has 1 rings (SSSR count). The lowest BCUT2D eigenvalue weighted by Crippen LogP contribution is -1.90. The van der Waals surface area contributed by atoms with Gasteiger partial charge in [-0.3, -0.25) is 0 Å². The summed E-state index contributed by atoms with van der Waals surface area (Å²) in [4.78, 5) is 0. The highest BCUT2D eigenvalue weighted by molar-refractivity contribution is 5.57. The van der Waals surface area contributed by atoms with E-state index in [1.807, 2.05) is 24.3 Å². The van der Waals surface area contributed by atoms with Crippen LogP contribution in [0.1, 0.15) is 23.6 Å². The minimum atomic E-state index is 0.960. The average Bonchev–Trinajstić information content (AvgIpc) is 2.16. The Bertz CT molecular complexity index is 326. The molecule has 0 nitrogen and oxygen atoms in total. The average molecular weight is 156 g/mol. The summed E-state index contributed by atoms with van der Waals surface area (Å²) >= 11 is 0. The number of terminal acetylenes is 1. The van der Waals surface area contributed by atoms with Crippen molar-refractivity contribution in [3.05, 3.63) is 41.5 Å². The summed E-state index contributed by atoms with van der Waals surface area (Å²) < 4.78 is 0. The lowest BCUT2D eigenvalue weighted by molar-refractivity contribution is 1.12. The topological polar surface area (TPSA) is 0 Å². The van der Waals surface area contributed by atoms with Crippen LogP contribution in [0.15, 0.2) is 24.8 Å². The van der Waals surface area contributed by atoms with E-state index in [-0.39, 0.29) is 0 Å². The van der Waals surface area contributed by atoms with Gasteiger partial charge in [-0.25, -0.2) is 0 Å². The molecule has 0 heterocycles. The predicted octanol–water partition coefficient (Wildman–Crippen LogP) is 2.87. The Morgan fingerprint density at radius 3 is 2.83 bits per heavy atom. The zero-order valence-corrected chi connectivity index (χ0v) is 7.30. The van der Waals surface area contributed by atoms with Crippen LogP contribution < -0.4 is 0 Å². The van der Waals surface area contributed by atoms with E-state index in [9.17, 15) is 0 Å². The van der Waals surface area contributed by atoms with Crippen LogP contribution in [0.5, 0.6) is 0 Å². The van der Waals surface area contributed by atoms with Crippen molar-refractivity contribution in [2.45, 2.75) is 13.3 Å². The van der Waals surface area contributed by atoms with Gasteiger partial charge in [0.15, 0.2) is 0 Å². The molecule has 0 radical (unpaired) electrons. The Morgan fingerprint density at radius 1 is 1.58 bits per heavy atom. The Hall–Kier alpha value is -1.48. The Morgan fingerprint density at radius 2 is 2.33 bits per heavy atom. The van der Waals surface area contributed by atoms with Crippen molar-refractivity contribution in [2.24, 2.45) is 0 Å². The molecule has 0 saturated carbocycles. The maximum Gasteiger partial charge on any atom is 0.0280 e. The third-order valence-corrected chi connectivity index (χ3v) is 1.94. The first-order valence-electron chi connectivity index (χ1n) is 4.04. The fourth-order valence-electron chi connectivity index (χ4n) is 1.33. The number of hydrogen-bond acceptors (Lipinski definition) is 0. The summed E-state index contributed by atoms with van der Waals surface area (Å²) in [6.07, 6.45) is 8.17. The summed E-state index contributed by atoms with van der Waals surface area (Å²) in [6, 6.07) is 5.96. The van der Waals surface area contributed by atoms with Gasteiger partial charge in [0.25, 0.3) is 0 Å². The van der Waals surface area contributed by atoms with Crippen molar-refractivity contribution in [3.8, 4) is 12.3 Å². The molecule has 0 aliphatic carbocycles. The highest BCUT2D eigenvalue weighted by atomic mass is 14.0. The van der Waals surface area contributed by atoms with E-state index in [1.54, 1.807) is 0 Å². The fraction of sp³-hybridized carbons (Fsp3) is 0.167. The van der Waals surface area contributed by atoms with Gasteiger partial charge in [0, 0.05) is 5.56 Å². The zero-order valence-electron chi connectivity index (χ0n) is 7.30. The molecule has 0 fully saturated rings.